The number of carbonyl (C=O) groups is 1. The molecule has 2 aromatic heterocycles. The molecule has 30 heavy (non-hydrogen) atoms. The lowest BCUT2D eigenvalue weighted by Gasteiger charge is -2.06. The summed E-state index contributed by atoms with van der Waals surface area (Å²) >= 11 is 0. The van der Waals surface area contributed by atoms with Crippen molar-refractivity contribution in [2.45, 2.75) is 0 Å². The Hall–Kier alpha value is -4.53. The summed E-state index contributed by atoms with van der Waals surface area (Å²) in [6.45, 7) is 0. The van der Waals surface area contributed by atoms with Gasteiger partial charge in [0.25, 0.3) is 0 Å². The van der Waals surface area contributed by atoms with Gasteiger partial charge in [0.15, 0.2) is 16.9 Å². The van der Waals surface area contributed by atoms with Gasteiger partial charge in [-0.1, -0.05) is 0 Å². The van der Waals surface area contributed by atoms with Crippen molar-refractivity contribution in [3.8, 4) is 34.3 Å². The summed E-state index contributed by atoms with van der Waals surface area (Å²) in [5.41, 5.74) is 5.33. The molecule has 0 atom stereocenters. The molecule has 4 rings (SSSR count). The summed E-state index contributed by atoms with van der Waals surface area (Å²) in [5.74, 6) is -1.55. The molecule has 9 heteroatoms. The number of phenolic OH excluding ortho intramolecular Hbond substituents is 4. The second-order valence-corrected chi connectivity index (χ2v) is 6.12. The van der Waals surface area contributed by atoms with E-state index in [2.05, 4.69) is 4.98 Å². The highest BCUT2D eigenvalue weighted by atomic mass is 16.3. The zero-order chi connectivity index (χ0) is 21.8. The van der Waals surface area contributed by atoms with Gasteiger partial charge in [-0.25, -0.2) is 0 Å². The van der Waals surface area contributed by atoms with Gasteiger partial charge in [0.1, 0.15) is 28.2 Å². The number of hydrogen-bond donors (Lipinski definition) is 5. The summed E-state index contributed by atoms with van der Waals surface area (Å²) in [4.78, 5) is 26.2. The average Bonchev–Trinajstić information content (AvgIpc) is 2.70. The Labute approximate surface area is 168 Å². The summed E-state index contributed by atoms with van der Waals surface area (Å²) in [6, 6.07) is 10.5. The molecule has 0 spiro atoms. The van der Waals surface area contributed by atoms with E-state index in [4.69, 9.17) is 10.2 Å². The molecule has 0 aliphatic rings. The van der Waals surface area contributed by atoms with E-state index in [9.17, 15) is 30.0 Å². The Morgan fingerprint density at radius 2 is 1.57 bits per heavy atom. The second-order valence-electron chi connectivity index (χ2n) is 6.12. The van der Waals surface area contributed by atoms with Crippen LogP contribution in [0.1, 0.15) is 10.4 Å². The third-order valence-electron chi connectivity index (χ3n) is 4.02. The number of primary amides is 1. The van der Waals surface area contributed by atoms with Crippen molar-refractivity contribution in [3.63, 3.8) is 0 Å². The number of aromatic hydroxyl groups is 4. The fourth-order valence-corrected chi connectivity index (χ4v) is 2.59. The van der Waals surface area contributed by atoms with Gasteiger partial charge in [-0.3, -0.25) is 14.6 Å². The molecular weight excluding hydrogens is 392 g/mol. The maximum Gasteiger partial charge on any atom is 0.248 e. The Bertz CT molecular complexity index is 1280. The Balaban J connectivity index is 0.000000239. The molecule has 0 aliphatic carbocycles. The highest BCUT2D eigenvalue weighted by Gasteiger charge is 2.13. The first-order valence-electron chi connectivity index (χ1n) is 8.48. The van der Waals surface area contributed by atoms with Crippen LogP contribution in [-0.4, -0.2) is 31.3 Å². The molecule has 0 saturated carbocycles. The Kier molecular flexibility index (Phi) is 5.54. The lowest BCUT2D eigenvalue weighted by molar-refractivity contribution is 0.1000. The number of hydrogen-bond acceptors (Lipinski definition) is 8. The van der Waals surface area contributed by atoms with Crippen LogP contribution >= 0.6 is 0 Å². The molecule has 0 aliphatic heterocycles. The number of aromatic nitrogens is 1. The summed E-state index contributed by atoms with van der Waals surface area (Å²) in [6.07, 6.45) is 3.06. The standard InChI is InChI=1S/C15H10O6.C6H6N2O/c16-8-4-11(19)15-12(20)6-13(21-14(15)5-8)7-1-2-9(17)10(18)3-7;7-6(9)5-1-3-8-4-2-5/h1-6,16-19H;1-4H,(H2,7,9). The van der Waals surface area contributed by atoms with E-state index in [1.165, 1.54) is 36.7 Å². The van der Waals surface area contributed by atoms with E-state index in [-0.39, 0.29) is 39.7 Å². The van der Waals surface area contributed by atoms with Crippen LogP contribution in [0.5, 0.6) is 23.0 Å². The Morgan fingerprint density at radius 3 is 2.17 bits per heavy atom. The maximum absolute atomic E-state index is 12.0. The van der Waals surface area contributed by atoms with Crippen LogP contribution in [-0.2, 0) is 0 Å². The summed E-state index contributed by atoms with van der Waals surface area (Å²) in [5, 5.41) is 37.9. The van der Waals surface area contributed by atoms with Gasteiger partial charge in [-0.15, -0.1) is 0 Å². The number of carbonyl (C=O) groups excluding carboxylic acids is 1. The predicted molar refractivity (Wildman–Crippen MR) is 107 cm³/mol. The van der Waals surface area contributed by atoms with Crippen molar-refractivity contribution in [1.29, 1.82) is 0 Å². The van der Waals surface area contributed by atoms with E-state index in [1.807, 2.05) is 0 Å². The van der Waals surface area contributed by atoms with Crippen LogP contribution in [0, 0.1) is 0 Å². The highest BCUT2D eigenvalue weighted by Crippen LogP contribution is 2.33. The predicted octanol–water partition coefficient (Wildman–Crippen LogP) is 2.46. The molecule has 2 heterocycles. The minimum Gasteiger partial charge on any atom is -0.508 e. The largest absolute Gasteiger partial charge is 0.508 e. The van der Waals surface area contributed by atoms with Crippen LogP contribution in [0.4, 0.5) is 0 Å². The third-order valence-corrected chi connectivity index (χ3v) is 4.02. The van der Waals surface area contributed by atoms with Crippen LogP contribution in [0.25, 0.3) is 22.3 Å². The van der Waals surface area contributed by atoms with Crippen LogP contribution in [0.15, 0.2) is 70.1 Å². The molecule has 4 aromatic rings. The molecular formula is C21H16N2O7. The molecule has 0 unspecified atom stereocenters. The van der Waals surface area contributed by atoms with Crippen molar-refractivity contribution in [1.82, 2.24) is 4.98 Å². The van der Waals surface area contributed by atoms with Gasteiger partial charge in [0.2, 0.25) is 5.91 Å². The Morgan fingerprint density at radius 1 is 0.867 bits per heavy atom. The molecule has 152 valence electrons. The number of nitrogens with zero attached hydrogens (tertiary/aromatic N) is 1. The molecule has 6 N–H and O–H groups in total. The van der Waals surface area contributed by atoms with Gasteiger partial charge in [0.05, 0.1) is 0 Å². The number of pyridine rings is 1. The smallest absolute Gasteiger partial charge is 0.248 e. The van der Waals surface area contributed by atoms with Crippen molar-refractivity contribution in [2.75, 3.05) is 0 Å². The summed E-state index contributed by atoms with van der Waals surface area (Å²) < 4.78 is 5.47. The molecule has 1 amide bonds. The number of nitrogens with two attached hydrogens (primary N) is 1. The lowest BCUT2D eigenvalue weighted by atomic mass is 10.1. The minimum atomic E-state index is -0.490. The van der Waals surface area contributed by atoms with E-state index in [0.717, 1.165) is 12.1 Å². The molecule has 0 radical (unpaired) electrons. The molecule has 0 saturated heterocycles. The monoisotopic (exact) mass is 408 g/mol. The van der Waals surface area contributed by atoms with Crippen LogP contribution in [0.3, 0.4) is 0 Å². The average molecular weight is 408 g/mol. The number of benzene rings is 2. The SMILES string of the molecule is NC(=O)c1ccncc1.O=c1cc(-c2ccc(O)c(O)c2)oc2cc(O)cc(O)c12. The van der Waals surface area contributed by atoms with Gasteiger partial charge < -0.3 is 30.6 Å². The first-order valence-corrected chi connectivity index (χ1v) is 8.48. The number of phenols is 4. The van der Waals surface area contributed by atoms with Gasteiger partial charge >= 0.3 is 0 Å². The molecule has 2 aromatic carbocycles. The zero-order valence-corrected chi connectivity index (χ0v) is 15.3. The van der Waals surface area contributed by atoms with E-state index >= 15 is 0 Å². The summed E-state index contributed by atoms with van der Waals surface area (Å²) in [7, 11) is 0. The van der Waals surface area contributed by atoms with Crippen LogP contribution < -0.4 is 11.2 Å². The van der Waals surface area contributed by atoms with E-state index in [1.54, 1.807) is 12.1 Å². The quantitative estimate of drug-likeness (QED) is 0.315. The topological polar surface area (TPSA) is 167 Å². The number of rotatable bonds is 2. The zero-order valence-electron chi connectivity index (χ0n) is 15.3. The normalized spacial score (nSPS) is 10.3. The first-order chi connectivity index (χ1) is 14.3. The van der Waals surface area contributed by atoms with Crippen molar-refractivity contribution < 1.29 is 29.6 Å². The fraction of sp³-hybridized carbons (Fsp3) is 0. The van der Waals surface area contributed by atoms with E-state index < -0.39 is 11.3 Å². The number of amides is 1. The maximum atomic E-state index is 12.0. The van der Waals surface area contributed by atoms with Gasteiger partial charge in [-0.05, 0) is 30.3 Å². The molecule has 0 fully saturated rings. The van der Waals surface area contributed by atoms with Gasteiger partial charge in [0, 0.05) is 41.7 Å². The first kappa shape index (κ1) is 20.2. The fourth-order valence-electron chi connectivity index (χ4n) is 2.59. The van der Waals surface area contributed by atoms with Gasteiger partial charge in [-0.2, -0.15) is 0 Å². The lowest BCUT2D eigenvalue weighted by Crippen LogP contribution is -2.10. The van der Waals surface area contributed by atoms with Crippen molar-refractivity contribution in [2.24, 2.45) is 5.73 Å². The third kappa shape index (κ3) is 4.30. The van der Waals surface area contributed by atoms with Crippen molar-refractivity contribution in [3.05, 3.63) is 76.7 Å². The highest BCUT2D eigenvalue weighted by molar-refractivity contribution is 5.92. The van der Waals surface area contributed by atoms with Crippen molar-refractivity contribution >= 4 is 16.9 Å². The number of fused-ring (bicyclic) bond motifs is 1. The minimum absolute atomic E-state index is 0.0163. The molecule has 9 nitrogen and oxygen atoms in total. The van der Waals surface area contributed by atoms with E-state index in [0.29, 0.717) is 11.1 Å². The second kappa shape index (κ2) is 8.23. The van der Waals surface area contributed by atoms with Crippen LogP contribution in [0.2, 0.25) is 0 Å². The molecule has 0 bridgehead atoms.